The van der Waals surface area contributed by atoms with Crippen molar-refractivity contribution in [2.24, 2.45) is 0 Å². The quantitative estimate of drug-likeness (QED) is 0.826. The number of rotatable bonds is 6. The van der Waals surface area contributed by atoms with Crippen LogP contribution in [0.4, 0.5) is 0 Å². The molecule has 1 N–H and O–H groups in total. The highest BCUT2D eigenvalue weighted by Crippen LogP contribution is 2.21. The van der Waals surface area contributed by atoms with Gasteiger partial charge < -0.3 is 0 Å². The summed E-state index contributed by atoms with van der Waals surface area (Å²) < 4.78 is 27.1. The highest BCUT2D eigenvalue weighted by atomic mass is 32.2. The molecule has 1 aromatic carbocycles. The molecule has 0 bridgehead atoms. The van der Waals surface area contributed by atoms with E-state index in [2.05, 4.69) is 9.71 Å². The Balaban J connectivity index is 2.18. The number of aromatic nitrogens is 1. The lowest BCUT2D eigenvalue weighted by Gasteiger charge is -2.09. The molecular formula is C14H15N3O2S. The van der Waals surface area contributed by atoms with Crippen molar-refractivity contribution in [3.63, 3.8) is 0 Å². The molecule has 20 heavy (non-hydrogen) atoms. The molecule has 6 heteroatoms. The van der Waals surface area contributed by atoms with E-state index in [9.17, 15) is 8.42 Å². The number of hydrogen-bond donors (Lipinski definition) is 1. The van der Waals surface area contributed by atoms with Crippen LogP contribution >= 0.6 is 0 Å². The minimum atomic E-state index is -3.53. The Morgan fingerprint density at radius 3 is 2.90 bits per heavy atom. The molecule has 0 spiro atoms. The summed E-state index contributed by atoms with van der Waals surface area (Å²) in [5.41, 5.74) is 0. The van der Waals surface area contributed by atoms with E-state index in [4.69, 9.17) is 5.26 Å². The molecule has 0 unspecified atom stereocenters. The highest BCUT2D eigenvalue weighted by Gasteiger charge is 2.16. The van der Waals surface area contributed by atoms with Gasteiger partial charge in [-0.15, -0.1) is 0 Å². The van der Waals surface area contributed by atoms with E-state index >= 15 is 0 Å². The number of unbranched alkanes of at least 4 members (excludes halogenated alkanes) is 2. The van der Waals surface area contributed by atoms with E-state index < -0.39 is 10.0 Å². The summed E-state index contributed by atoms with van der Waals surface area (Å²) in [5, 5.41) is 9.88. The molecule has 0 radical (unpaired) electrons. The summed E-state index contributed by atoms with van der Waals surface area (Å²) in [4.78, 5) is 4.25. The predicted octanol–water partition coefficient (Wildman–Crippen LogP) is 2.21. The van der Waals surface area contributed by atoms with Crippen LogP contribution in [0.25, 0.3) is 10.8 Å². The number of nitrogens with zero attached hydrogens (tertiary/aromatic N) is 2. The molecule has 0 saturated carbocycles. The molecule has 2 aromatic rings. The zero-order chi connectivity index (χ0) is 14.4. The molecule has 104 valence electrons. The van der Waals surface area contributed by atoms with Crippen LogP contribution in [0.15, 0.2) is 41.6 Å². The maximum atomic E-state index is 12.3. The Hall–Kier alpha value is -1.97. The molecule has 0 saturated heterocycles. The number of nitriles is 1. The van der Waals surface area contributed by atoms with Crippen LogP contribution in [0.1, 0.15) is 19.3 Å². The van der Waals surface area contributed by atoms with Crippen LogP contribution < -0.4 is 4.72 Å². The molecule has 0 aliphatic rings. The van der Waals surface area contributed by atoms with Gasteiger partial charge >= 0.3 is 0 Å². The molecule has 0 aliphatic carbocycles. The molecule has 0 fully saturated rings. The molecule has 0 aliphatic heterocycles. The number of nitrogens with one attached hydrogen (secondary N) is 1. The van der Waals surface area contributed by atoms with Gasteiger partial charge in [-0.2, -0.15) is 5.26 Å². The lowest BCUT2D eigenvalue weighted by atomic mass is 10.2. The maximum absolute atomic E-state index is 12.3. The first-order valence-electron chi connectivity index (χ1n) is 6.34. The average Bonchev–Trinajstić information content (AvgIpc) is 2.46. The van der Waals surface area contributed by atoms with Gasteiger partial charge in [-0.3, -0.25) is 4.98 Å². The average molecular weight is 289 g/mol. The van der Waals surface area contributed by atoms with Crippen LogP contribution in [0.3, 0.4) is 0 Å². The van der Waals surface area contributed by atoms with Crippen molar-refractivity contribution in [3.8, 4) is 6.07 Å². The monoisotopic (exact) mass is 289 g/mol. The van der Waals surface area contributed by atoms with Gasteiger partial charge in [0.15, 0.2) is 0 Å². The fourth-order valence-electron chi connectivity index (χ4n) is 1.94. The van der Waals surface area contributed by atoms with Gasteiger partial charge in [-0.1, -0.05) is 12.1 Å². The normalized spacial score (nSPS) is 11.3. The summed E-state index contributed by atoms with van der Waals surface area (Å²) >= 11 is 0. The summed E-state index contributed by atoms with van der Waals surface area (Å²) in [5.74, 6) is 0. The van der Waals surface area contributed by atoms with E-state index in [0.717, 1.165) is 5.39 Å². The van der Waals surface area contributed by atoms with Crippen molar-refractivity contribution < 1.29 is 8.42 Å². The minimum Gasteiger partial charge on any atom is -0.264 e. The first-order valence-corrected chi connectivity index (χ1v) is 7.83. The fraction of sp³-hybridized carbons (Fsp3) is 0.286. The van der Waals surface area contributed by atoms with Crippen LogP contribution in [-0.2, 0) is 10.0 Å². The highest BCUT2D eigenvalue weighted by molar-refractivity contribution is 7.89. The SMILES string of the molecule is N#CCCCCNS(=O)(=O)c1cccc2cnccc12. The van der Waals surface area contributed by atoms with Crippen molar-refractivity contribution in [2.45, 2.75) is 24.2 Å². The summed E-state index contributed by atoms with van der Waals surface area (Å²) in [6.07, 6.45) is 5.01. The van der Waals surface area contributed by atoms with Gasteiger partial charge in [-0.25, -0.2) is 13.1 Å². The smallest absolute Gasteiger partial charge is 0.241 e. The van der Waals surface area contributed by atoms with E-state index in [1.165, 1.54) is 0 Å². The fourth-order valence-corrected chi connectivity index (χ4v) is 3.24. The summed E-state index contributed by atoms with van der Waals surface area (Å²) in [6, 6.07) is 8.84. The van der Waals surface area contributed by atoms with Crippen molar-refractivity contribution in [3.05, 3.63) is 36.7 Å². The van der Waals surface area contributed by atoms with Crippen LogP contribution in [0.2, 0.25) is 0 Å². The Kier molecular flexibility index (Phi) is 4.66. The van der Waals surface area contributed by atoms with Gasteiger partial charge in [-0.05, 0) is 25.0 Å². The number of pyridine rings is 1. The van der Waals surface area contributed by atoms with Gasteiger partial charge in [0, 0.05) is 36.1 Å². The summed E-state index contributed by atoms with van der Waals surface area (Å²) in [6.45, 7) is 0.339. The third-order valence-electron chi connectivity index (χ3n) is 2.94. The third-order valence-corrected chi connectivity index (χ3v) is 4.46. The van der Waals surface area contributed by atoms with Crippen LogP contribution in [0, 0.1) is 11.3 Å². The van der Waals surface area contributed by atoms with Crippen molar-refractivity contribution >= 4 is 20.8 Å². The van der Waals surface area contributed by atoms with Crippen molar-refractivity contribution in [1.82, 2.24) is 9.71 Å². The molecule has 2 rings (SSSR count). The lowest BCUT2D eigenvalue weighted by molar-refractivity contribution is 0.578. The van der Waals surface area contributed by atoms with Gasteiger partial charge in [0.05, 0.1) is 11.0 Å². The molecular weight excluding hydrogens is 274 g/mol. The van der Waals surface area contributed by atoms with Gasteiger partial charge in [0.1, 0.15) is 0 Å². The van der Waals surface area contributed by atoms with Crippen molar-refractivity contribution in [2.75, 3.05) is 6.54 Å². The predicted molar refractivity (Wildman–Crippen MR) is 76.4 cm³/mol. The summed E-state index contributed by atoms with van der Waals surface area (Å²) in [7, 11) is -3.53. The number of fused-ring (bicyclic) bond motifs is 1. The number of benzene rings is 1. The van der Waals surface area contributed by atoms with E-state index in [1.54, 1.807) is 30.6 Å². The van der Waals surface area contributed by atoms with E-state index in [0.29, 0.717) is 31.2 Å². The first kappa shape index (κ1) is 14.4. The first-order chi connectivity index (χ1) is 9.65. The zero-order valence-corrected chi connectivity index (χ0v) is 11.7. The maximum Gasteiger partial charge on any atom is 0.241 e. The Labute approximate surface area is 118 Å². The molecule has 0 amide bonds. The lowest BCUT2D eigenvalue weighted by Crippen LogP contribution is -2.25. The molecule has 5 nitrogen and oxygen atoms in total. The van der Waals surface area contributed by atoms with Gasteiger partial charge in [0.25, 0.3) is 0 Å². The second kappa shape index (κ2) is 6.46. The Morgan fingerprint density at radius 1 is 1.25 bits per heavy atom. The minimum absolute atomic E-state index is 0.262. The van der Waals surface area contributed by atoms with Crippen LogP contribution in [0.5, 0.6) is 0 Å². The molecule has 1 aromatic heterocycles. The van der Waals surface area contributed by atoms with Crippen LogP contribution in [-0.4, -0.2) is 19.9 Å². The van der Waals surface area contributed by atoms with Gasteiger partial charge in [0.2, 0.25) is 10.0 Å². The second-order valence-electron chi connectivity index (χ2n) is 4.37. The topological polar surface area (TPSA) is 82.9 Å². The Bertz CT molecular complexity index is 730. The molecule has 0 atom stereocenters. The zero-order valence-electron chi connectivity index (χ0n) is 10.9. The third kappa shape index (κ3) is 3.32. The van der Waals surface area contributed by atoms with E-state index in [1.807, 2.05) is 12.1 Å². The number of sulfonamides is 1. The Morgan fingerprint density at radius 2 is 2.10 bits per heavy atom. The largest absolute Gasteiger partial charge is 0.264 e. The molecule has 1 heterocycles. The van der Waals surface area contributed by atoms with Crippen molar-refractivity contribution in [1.29, 1.82) is 5.26 Å². The number of hydrogen-bond acceptors (Lipinski definition) is 4. The van der Waals surface area contributed by atoms with E-state index in [-0.39, 0.29) is 4.90 Å². The standard InChI is InChI=1S/C14H15N3O2S/c15-8-2-1-3-9-17-20(18,19)14-6-4-5-12-11-16-10-7-13(12)14/h4-7,10-11,17H,1-3,9H2. The second-order valence-corrected chi connectivity index (χ2v) is 6.10.